The van der Waals surface area contributed by atoms with E-state index in [1.54, 1.807) is 11.8 Å². The minimum Gasteiger partial charge on any atom is -0.337 e. The van der Waals surface area contributed by atoms with Crippen LogP contribution in [-0.4, -0.2) is 39.9 Å². The minimum atomic E-state index is -0.203. The molecule has 0 aliphatic heterocycles. The average molecular weight is 246 g/mol. The van der Waals surface area contributed by atoms with Crippen LogP contribution >= 0.6 is 11.8 Å². The van der Waals surface area contributed by atoms with Crippen molar-refractivity contribution in [1.29, 1.82) is 0 Å². The van der Waals surface area contributed by atoms with E-state index in [0.29, 0.717) is 5.75 Å². The normalized spacial score (nSPS) is 12.3. The van der Waals surface area contributed by atoms with Crippen molar-refractivity contribution in [2.24, 2.45) is 5.73 Å². The Bertz CT molecular complexity index is 214. The van der Waals surface area contributed by atoms with Gasteiger partial charge in [0.25, 0.3) is 0 Å². The quantitative estimate of drug-likeness (QED) is 0.781. The molecule has 3 nitrogen and oxygen atoms in total. The van der Waals surface area contributed by atoms with Gasteiger partial charge in [0.2, 0.25) is 5.91 Å². The van der Waals surface area contributed by atoms with Gasteiger partial charge < -0.3 is 10.6 Å². The first-order valence-electron chi connectivity index (χ1n) is 5.83. The van der Waals surface area contributed by atoms with Crippen LogP contribution in [0.2, 0.25) is 0 Å². The van der Waals surface area contributed by atoms with Crippen molar-refractivity contribution in [2.75, 3.05) is 11.5 Å². The van der Waals surface area contributed by atoms with Gasteiger partial charge in [-0.1, -0.05) is 0 Å². The second-order valence-corrected chi connectivity index (χ2v) is 6.46. The van der Waals surface area contributed by atoms with Crippen molar-refractivity contribution < 1.29 is 4.79 Å². The van der Waals surface area contributed by atoms with Gasteiger partial charge in [0.15, 0.2) is 0 Å². The fraction of sp³-hybridized carbons (Fsp3) is 0.917. The standard InChI is InChI=1S/C12H26N2OS/c1-9(2)14(10(3)4)11(15)7-16-8-12(5,6)13/h9-10H,7-8,13H2,1-6H3. The molecule has 0 unspecified atom stereocenters. The molecule has 0 saturated carbocycles. The molecule has 0 aromatic rings. The molecule has 4 heteroatoms. The molecule has 0 aliphatic rings. The summed E-state index contributed by atoms with van der Waals surface area (Å²) in [4.78, 5) is 13.9. The van der Waals surface area contributed by atoms with Crippen LogP contribution < -0.4 is 5.73 Å². The summed E-state index contributed by atoms with van der Waals surface area (Å²) < 4.78 is 0. The van der Waals surface area contributed by atoms with Gasteiger partial charge >= 0.3 is 0 Å². The van der Waals surface area contributed by atoms with E-state index in [-0.39, 0.29) is 23.5 Å². The number of hydrogen-bond donors (Lipinski definition) is 1. The third-order valence-electron chi connectivity index (χ3n) is 2.10. The van der Waals surface area contributed by atoms with Crippen LogP contribution in [0.5, 0.6) is 0 Å². The van der Waals surface area contributed by atoms with Crippen LogP contribution in [0.1, 0.15) is 41.5 Å². The van der Waals surface area contributed by atoms with Crippen LogP contribution in [0.25, 0.3) is 0 Å². The highest BCUT2D eigenvalue weighted by Crippen LogP contribution is 2.13. The van der Waals surface area contributed by atoms with Crippen molar-refractivity contribution in [3.63, 3.8) is 0 Å². The molecule has 0 atom stereocenters. The molecule has 2 N–H and O–H groups in total. The fourth-order valence-corrected chi connectivity index (χ4v) is 2.60. The molecule has 0 radical (unpaired) electrons. The maximum atomic E-state index is 12.0. The second-order valence-electron chi connectivity index (χ2n) is 5.47. The van der Waals surface area contributed by atoms with E-state index in [1.807, 2.05) is 18.7 Å². The van der Waals surface area contributed by atoms with Crippen molar-refractivity contribution in [1.82, 2.24) is 4.90 Å². The van der Waals surface area contributed by atoms with Gasteiger partial charge in [0, 0.05) is 23.4 Å². The fourth-order valence-electron chi connectivity index (χ4n) is 1.65. The SMILES string of the molecule is CC(C)N(C(=O)CSCC(C)(C)N)C(C)C. The summed E-state index contributed by atoms with van der Waals surface area (Å²) in [5.41, 5.74) is 5.67. The Hall–Kier alpha value is -0.220. The number of hydrogen-bond acceptors (Lipinski definition) is 3. The molecule has 0 bridgehead atoms. The highest BCUT2D eigenvalue weighted by molar-refractivity contribution is 8.00. The van der Waals surface area contributed by atoms with Crippen LogP contribution in [0.4, 0.5) is 0 Å². The topological polar surface area (TPSA) is 46.3 Å². The molecule has 0 spiro atoms. The zero-order valence-electron chi connectivity index (χ0n) is 11.4. The lowest BCUT2D eigenvalue weighted by molar-refractivity contribution is -0.131. The summed E-state index contributed by atoms with van der Waals surface area (Å²) in [6.45, 7) is 12.2. The Balaban J connectivity index is 4.13. The number of thioether (sulfide) groups is 1. The van der Waals surface area contributed by atoms with Crippen molar-refractivity contribution in [2.45, 2.75) is 59.2 Å². The van der Waals surface area contributed by atoms with Gasteiger partial charge in [-0.15, -0.1) is 0 Å². The van der Waals surface area contributed by atoms with Crippen LogP contribution in [0.3, 0.4) is 0 Å². The van der Waals surface area contributed by atoms with E-state index in [0.717, 1.165) is 5.75 Å². The van der Waals surface area contributed by atoms with E-state index in [4.69, 9.17) is 5.73 Å². The molecule has 0 heterocycles. The lowest BCUT2D eigenvalue weighted by Gasteiger charge is -2.31. The van der Waals surface area contributed by atoms with E-state index in [2.05, 4.69) is 27.7 Å². The highest BCUT2D eigenvalue weighted by Gasteiger charge is 2.20. The summed E-state index contributed by atoms with van der Waals surface area (Å²) in [7, 11) is 0. The van der Waals surface area contributed by atoms with Crippen molar-refractivity contribution in [3.05, 3.63) is 0 Å². The Morgan fingerprint density at radius 2 is 1.69 bits per heavy atom. The largest absolute Gasteiger partial charge is 0.337 e. The lowest BCUT2D eigenvalue weighted by atomic mass is 10.1. The molecule has 0 aliphatic carbocycles. The molecular weight excluding hydrogens is 220 g/mol. The number of nitrogens with two attached hydrogens (primary N) is 1. The van der Waals surface area contributed by atoms with E-state index < -0.39 is 0 Å². The molecule has 1 amide bonds. The first-order valence-corrected chi connectivity index (χ1v) is 6.98. The molecule has 16 heavy (non-hydrogen) atoms. The minimum absolute atomic E-state index is 0.203. The van der Waals surface area contributed by atoms with Gasteiger partial charge in [-0.25, -0.2) is 0 Å². The number of carbonyl (C=O) groups excluding carboxylic acids is 1. The van der Waals surface area contributed by atoms with Crippen molar-refractivity contribution >= 4 is 17.7 Å². The number of nitrogens with zero attached hydrogens (tertiary/aromatic N) is 1. The molecule has 96 valence electrons. The second kappa shape index (κ2) is 6.50. The summed E-state index contributed by atoms with van der Waals surface area (Å²) in [5.74, 6) is 1.54. The summed E-state index contributed by atoms with van der Waals surface area (Å²) >= 11 is 1.62. The van der Waals surface area contributed by atoms with Crippen LogP contribution in [-0.2, 0) is 4.79 Å². The number of amides is 1. The molecule has 0 aromatic carbocycles. The van der Waals surface area contributed by atoms with Gasteiger partial charge in [-0.2, -0.15) is 11.8 Å². The van der Waals surface area contributed by atoms with Gasteiger partial charge in [0.05, 0.1) is 5.75 Å². The molecule has 0 fully saturated rings. The van der Waals surface area contributed by atoms with Crippen LogP contribution in [0.15, 0.2) is 0 Å². The summed E-state index contributed by atoms with van der Waals surface area (Å²) in [5, 5.41) is 0. The van der Waals surface area contributed by atoms with Gasteiger partial charge in [-0.3, -0.25) is 4.79 Å². The maximum absolute atomic E-state index is 12.0. The number of rotatable bonds is 6. The molecule has 0 rings (SSSR count). The van der Waals surface area contributed by atoms with Crippen LogP contribution in [0, 0.1) is 0 Å². The first kappa shape index (κ1) is 15.8. The lowest BCUT2D eigenvalue weighted by Crippen LogP contribution is -2.43. The monoisotopic (exact) mass is 246 g/mol. The third kappa shape index (κ3) is 6.38. The zero-order valence-corrected chi connectivity index (χ0v) is 12.2. The summed E-state index contributed by atoms with van der Waals surface area (Å²) in [6, 6.07) is 0.526. The third-order valence-corrected chi connectivity index (χ3v) is 3.50. The molecule has 0 saturated heterocycles. The van der Waals surface area contributed by atoms with E-state index >= 15 is 0 Å². The predicted octanol–water partition coefficient (Wildman–Crippen LogP) is 2.10. The Kier molecular flexibility index (Phi) is 6.41. The predicted molar refractivity (Wildman–Crippen MR) is 72.7 cm³/mol. The number of carbonyl (C=O) groups is 1. The van der Waals surface area contributed by atoms with Gasteiger partial charge in [-0.05, 0) is 41.5 Å². The average Bonchev–Trinajstić information content (AvgIpc) is 1.99. The highest BCUT2D eigenvalue weighted by atomic mass is 32.2. The van der Waals surface area contributed by atoms with Crippen molar-refractivity contribution in [3.8, 4) is 0 Å². The zero-order chi connectivity index (χ0) is 12.9. The smallest absolute Gasteiger partial charge is 0.233 e. The molecule has 0 aromatic heterocycles. The Morgan fingerprint density at radius 3 is 2.00 bits per heavy atom. The first-order chi connectivity index (χ1) is 7.15. The Labute approximate surface area is 104 Å². The Morgan fingerprint density at radius 1 is 1.25 bits per heavy atom. The summed E-state index contributed by atoms with van der Waals surface area (Å²) in [6.07, 6.45) is 0. The maximum Gasteiger partial charge on any atom is 0.233 e. The molecular formula is C12H26N2OS. The van der Waals surface area contributed by atoms with E-state index in [9.17, 15) is 4.79 Å². The van der Waals surface area contributed by atoms with Gasteiger partial charge in [0.1, 0.15) is 0 Å². The van der Waals surface area contributed by atoms with E-state index in [1.165, 1.54) is 0 Å².